The first-order chi connectivity index (χ1) is 9.01. The third-order valence-corrected chi connectivity index (χ3v) is 3.39. The van der Waals surface area contributed by atoms with Crippen molar-refractivity contribution in [2.24, 2.45) is 5.92 Å². The molecule has 0 radical (unpaired) electrons. The zero-order valence-electron chi connectivity index (χ0n) is 10.1. The van der Waals surface area contributed by atoms with Gasteiger partial charge in [-0.2, -0.15) is 0 Å². The molecule has 1 heterocycles. The van der Waals surface area contributed by atoms with E-state index in [0.29, 0.717) is 13.1 Å². The first-order valence-corrected chi connectivity index (χ1v) is 6.24. The van der Waals surface area contributed by atoms with Gasteiger partial charge in [0.05, 0.1) is 4.92 Å². The minimum atomic E-state index is -0.580. The van der Waals surface area contributed by atoms with Crippen LogP contribution in [0, 0.1) is 16.0 Å². The first-order valence-electron chi connectivity index (χ1n) is 5.86. The molecule has 102 valence electrons. The fourth-order valence-corrected chi connectivity index (χ4v) is 2.38. The maximum Gasteiger partial charge on any atom is 0.271 e. The van der Waals surface area contributed by atoms with Crippen LogP contribution in [0.4, 0.5) is 5.69 Å². The number of benzene rings is 1. The Morgan fingerprint density at radius 2 is 2.26 bits per heavy atom. The van der Waals surface area contributed by atoms with Crippen LogP contribution in [0.25, 0.3) is 0 Å². The number of aliphatic hydroxyl groups is 1. The van der Waals surface area contributed by atoms with Gasteiger partial charge in [0, 0.05) is 48.3 Å². The minimum Gasteiger partial charge on any atom is -0.396 e. The molecule has 1 aliphatic rings. The SMILES string of the molecule is O=C(c1cc(Cl)cc([N+](=O)[O-])c1)N1CCC(CO)C1. The van der Waals surface area contributed by atoms with Crippen molar-refractivity contribution in [3.8, 4) is 0 Å². The minimum absolute atomic E-state index is 0.0411. The fraction of sp³-hybridized carbons (Fsp3) is 0.417. The summed E-state index contributed by atoms with van der Waals surface area (Å²) in [5, 5.41) is 19.9. The molecule has 1 atom stereocenters. The van der Waals surface area contributed by atoms with Crippen LogP contribution in [0.1, 0.15) is 16.8 Å². The molecule has 0 aliphatic carbocycles. The molecule has 0 saturated carbocycles. The molecule has 1 fully saturated rings. The molecule has 1 amide bonds. The molecule has 2 rings (SSSR count). The summed E-state index contributed by atoms with van der Waals surface area (Å²) in [5.74, 6) is -0.209. The lowest BCUT2D eigenvalue weighted by Gasteiger charge is -2.16. The molecule has 0 bridgehead atoms. The van der Waals surface area contributed by atoms with Crippen molar-refractivity contribution >= 4 is 23.2 Å². The van der Waals surface area contributed by atoms with Crippen LogP contribution in [0.15, 0.2) is 18.2 Å². The Labute approximate surface area is 114 Å². The Bertz CT molecular complexity index is 520. The molecule has 0 aromatic heterocycles. The molecule has 1 N–H and O–H groups in total. The van der Waals surface area contributed by atoms with E-state index >= 15 is 0 Å². The van der Waals surface area contributed by atoms with Crippen molar-refractivity contribution in [3.63, 3.8) is 0 Å². The smallest absolute Gasteiger partial charge is 0.271 e. The molecule has 1 aliphatic heterocycles. The van der Waals surface area contributed by atoms with E-state index < -0.39 is 4.92 Å². The summed E-state index contributed by atoms with van der Waals surface area (Å²) in [7, 11) is 0. The molecule has 1 aromatic carbocycles. The maximum absolute atomic E-state index is 12.2. The molecular formula is C12H13ClN2O4. The normalized spacial score (nSPS) is 18.6. The molecule has 19 heavy (non-hydrogen) atoms. The van der Waals surface area contributed by atoms with E-state index in [4.69, 9.17) is 16.7 Å². The second kappa shape index (κ2) is 5.54. The average Bonchev–Trinajstić information content (AvgIpc) is 2.85. The molecule has 1 aromatic rings. The third kappa shape index (κ3) is 3.02. The second-order valence-corrected chi connectivity index (χ2v) is 4.98. The highest BCUT2D eigenvalue weighted by Gasteiger charge is 2.27. The summed E-state index contributed by atoms with van der Waals surface area (Å²) < 4.78 is 0. The highest BCUT2D eigenvalue weighted by Crippen LogP contribution is 2.24. The van der Waals surface area contributed by atoms with Crippen LogP contribution in [0.5, 0.6) is 0 Å². The van der Waals surface area contributed by atoms with Crippen LogP contribution in [0.2, 0.25) is 5.02 Å². The number of nitrogens with zero attached hydrogens (tertiary/aromatic N) is 2. The number of nitro groups is 1. The zero-order chi connectivity index (χ0) is 14.0. The maximum atomic E-state index is 12.2. The van der Waals surface area contributed by atoms with Crippen LogP contribution in [-0.2, 0) is 0 Å². The number of carbonyl (C=O) groups excluding carboxylic acids is 1. The van der Waals surface area contributed by atoms with Gasteiger partial charge >= 0.3 is 0 Å². The Kier molecular flexibility index (Phi) is 4.01. The number of rotatable bonds is 3. The number of nitro benzene ring substituents is 1. The zero-order valence-corrected chi connectivity index (χ0v) is 10.8. The first kappa shape index (κ1) is 13.8. The molecule has 1 saturated heterocycles. The summed E-state index contributed by atoms with van der Waals surface area (Å²) in [6, 6.07) is 3.85. The van der Waals surface area contributed by atoms with E-state index in [2.05, 4.69) is 0 Å². The summed E-state index contributed by atoms with van der Waals surface area (Å²) in [6.07, 6.45) is 0.741. The molecule has 0 spiro atoms. The van der Waals surface area contributed by atoms with Gasteiger partial charge in [0.1, 0.15) is 0 Å². The van der Waals surface area contributed by atoms with Crippen LogP contribution >= 0.6 is 11.6 Å². The van der Waals surface area contributed by atoms with E-state index in [9.17, 15) is 14.9 Å². The van der Waals surface area contributed by atoms with E-state index in [0.717, 1.165) is 6.42 Å². The van der Waals surface area contributed by atoms with Crippen LogP contribution < -0.4 is 0 Å². The average molecular weight is 285 g/mol. The monoisotopic (exact) mass is 284 g/mol. The number of carbonyl (C=O) groups is 1. The van der Waals surface area contributed by atoms with E-state index in [1.165, 1.54) is 18.2 Å². The summed E-state index contributed by atoms with van der Waals surface area (Å²) in [4.78, 5) is 23.9. The van der Waals surface area contributed by atoms with Crippen molar-refractivity contribution in [1.29, 1.82) is 0 Å². The number of halogens is 1. The van der Waals surface area contributed by atoms with Gasteiger partial charge in [-0.05, 0) is 12.5 Å². The number of hydrogen-bond acceptors (Lipinski definition) is 4. The van der Waals surface area contributed by atoms with Gasteiger partial charge < -0.3 is 10.0 Å². The van der Waals surface area contributed by atoms with Gasteiger partial charge in [0.15, 0.2) is 0 Å². The van der Waals surface area contributed by atoms with Crippen molar-refractivity contribution in [2.45, 2.75) is 6.42 Å². The Morgan fingerprint density at radius 1 is 1.53 bits per heavy atom. The Morgan fingerprint density at radius 3 is 2.84 bits per heavy atom. The van der Waals surface area contributed by atoms with Gasteiger partial charge in [0.25, 0.3) is 11.6 Å². The molecule has 1 unspecified atom stereocenters. The highest BCUT2D eigenvalue weighted by molar-refractivity contribution is 6.31. The van der Waals surface area contributed by atoms with Crippen molar-refractivity contribution < 1.29 is 14.8 Å². The van der Waals surface area contributed by atoms with Crippen molar-refractivity contribution in [2.75, 3.05) is 19.7 Å². The number of hydrogen-bond donors (Lipinski definition) is 1. The number of likely N-dealkylation sites (tertiary alicyclic amines) is 1. The lowest BCUT2D eigenvalue weighted by Crippen LogP contribution is -2.29. The fourth-order valence-electron chi connectivity index (χ4n) is 2.15. The number of non-ortho nitro benzene ring substituents is 1. The van der Waals surface area contributed by atoms with Gasteiger partial charge in [-0.25, -0.2) is 0 Å². The Balaban J connectivity index is 2.22. The van der Waals surface area contributed by atoms with Crippen LogP contribution in [0.3, 0.4) is 0 Å². The van der Waals surface area contributed by atoms with Crippen molar-refractivity contribution in [3.05, 3.63) is 38.9 Å². The molecule has 6 nitrogen and oxygen atoms in total. The summed E-state index contributed by atoms with van der Waals surface area (Å²) in [6.45, 7) is 1.06. The summed E-state index contributed by atoms with van der Waals surface area (Å²) >= 11 is 5.79. The predicted molar refractivity (Wildman–Crippen MR) is 69.2 cm³/mol. The number of amides is 1. The lowest BCUT2D eigenvalue weighted by atomic mass is 10.1. The van der Waals surface area contributed by atoms with Gasteiger partial charge in [0.2, 0.25) is 0 Å². The summed E-state index contributed by atoms with van der Waals surface area (Å²) in [5.41, 5.74) is 0.00606. The topological polar surface area (TPSA) is 83.7 Å². The predicted octanol–water partition coefficient (Wildman–Crippen LogP) is 1.70. The lowest BCUT2D eigenvalue weighted by molar-refractivity contribution is -0.384. The van der Waals surface area contributed by atoms with Gasteiger partial charge in [-0.3, -0.25) is 14.9 Å². The van der Waals surface area contributed by atoms with Gasteiger partial charge in [-0.1, -0.05) is 11.6 Å². The quantitative estimate of drug-likeness (QED) is 0.676. The van der Waals surface area contributed by atoms with Crippen molar-refractivity contribution in [1.82, 2.24) is 4.90 Å². The van der Waals surface area contributed by atoms with E-state index in [1.54, 1.807) is 4.90 Å². The third-order valence-electron chi connectivity index (χ3n) is 3.17. The van der Waals surface area contributed by atoms with Gasteiger partial charge in [-0.15, -0.1) is 0 Å². The molecular weight excluding hydrogens is 272 g/mol. The van der Waals surface area contributed by atoms with E-state index in [-0.39, 0.29) is 34.7 Å². The highest BCUT2D eigenvalue weighted by atomic mass is 35.5. The van der Waals surface area contributed by atoms with Crippen LogP contribution in [-0.4, -0.2) is 40.5 Å². The largest absolute Gasteiger partial charge is 0.396 e. The number of aliphatic hydroxyl groups excluding tert-OH is 1. The Hall–Kier alpha value is -1.66. The molecule has 7 heteroatoms. The van der Waals surface area contributed by atoms with E-state index in [1.807, 2.05) is 0 Å². The second-order valence-electron chi connectivity index (χ2n) is 4.54. The standard InChI is InChI=1S/C12H13ClN2O4/c13-10-3-9(4-11(5-10)15(18)19)12(17)14-2-1-8(6-14)7-16/h3-5,8,16H,1-2,6-7H2.